The fraction of sp³-hybridized carbons (Fsp3) is 0.600. The average Bonchev–Trinajstić information content (AvgIpc) is 2.17. The molecule has 0 aromatic carbocycles. The van der Waals surface area contributed by atoms with Crippen LogP contribution < -0.4 is 5.32 Å². The molecule has 2 N–H and O–H groups in total. The second-order valence-corrected chi connectivity index (χ2v) is 3.12. The minimum atomic E-state index is -1.08. The number of carbonyl (C=O) groups excluding carboxylic acids is 1. The lowest BCUT2D eigenvalue weighted by molar-refractivity contribution is -0.138. The van der Waals surface area contributed by atoms with Crippen LogP contribution in [0.2, 0.25) is 0 Å². The number of unbranched alkanes of at least 4 members (excludes halogenated alkanes) is 2. The Morgan fingerprint density at radius 3 is 2.73 bits per heavy atom. The Morgan fingerprint density at radius 2 is 2.20 bits per heavy atom. The van der Waals surface area contributed by atoms with Gasteiger partial charge in [0, 0.05) is 0 Å². The summed E-state index contributed by atoms with van der Waals surface area (Å²) >= 11 is 0. The molecule has 86 valence electrons. The molecule has 0 spiro atoms. The predicted octanol–water partition coefficient (Wildman–Crippen LogP) is 1.54. The van der Waals surface area contributed by atoms with Crippen molar-refractivity contribution in [1.29, 1.82) is 0 Å². The number of carboxylic acid groups (broad SMARTS) is 1. The third-order valence-corrected chi connectivity index (χ3v) is 1.74. The Bertz CT molecular complexity index is 227. The summed E-state index contributed by atoms with van der Waals surface area (Å²) in [5.74, 6) is -1.08. The van der Waals surface area contributed by atoms with Gasteiger partial charge < -0.3 is 15.2 Å². The van der Waals surface area contributed by atoms with E-state index in [4.69, 9.17) is 9.84 Å². The number of allylic oxidation sites excluding steroid dienone is 1. The lowest BCUT2D eigenvalue weighted by Crippen LogP contribution is -2.38. The molecule has 0 aromatic heterocycles. The summed E-state index contributed by atoms with van der Waals surface area (Å²) in [4.78, 5) is 21.3. The number of rotatable bonds is 7. The number of hydrogen-bond acceptors (Lipinski definition) is 3. The molecular formula is C10H17NO4. The lowest BCUT2D eigenvalue weighted by atomic mass is 10.2. The second-order valence-electron chi connectivity index (χ2n) is 3.12. The number of aliphatic carboxylic acids is 1. The van der Waals surface area contributed by atoms with Crippen molar-refractivity contribution in [3.8, 4) is 0 Å². The number of carbonyl (C=O) groups is 2. The van der Waals surface area contributed by atoms with Crippen molar-refractivity contribution in [2.45, 2.75) is 32.2 Å². The van der Waals surface area contributed by atoms with Gasteiger partial charge in [-0.1, -0.05) is 6.08 Å². The molecule has 0 aliphatic heterocycles. The Morgan fingerprint density at radius 1 is 1.53 bits per heavy atom. The van der Waals surface area contributed by atoms with E-state index in [1.54, 1.807) is 6.08 Å². The summed E-state index contributed by atoms with van der Waals surface area (Å²) in [6, 6.07) is -0.925. The molecule has 0 bridgehead atoms. The summed E-state index contributed by atoms with van der Waals surface area (Å²) in [7, 11) is 0. The largest absolute Gasteiger partial charge is 0.480 e. The van der Waals surface area contributed by atoms with Gasteiger partial charge in [0.25, 0.3) is 0 Å². The van der Waals surface area contributed by atoms with Gasteiger partial charge in [-0.25, -0.2) is 4.79 Å². The van der Waals surface area contributed by atoms with E-state index in [1.807, 2.05) is 0 Å². The molecule has 1 amide bonds. The van der Waals surface area contributed by atoms with Crippen LogP contribution in [-0.2, 0) is 9.53 Å². The number of nitrogens with one attached hydrogen (secondary N) is 1. The minimum Gasteiger partial charge on any atom is -0.480 e. The van der Waals surface area contributed by atoms with Gasteiger partial charge in [0.1, 0.15) is 6.04 Å². The van der Waals surface area contributed by atoms with E-state index in [9.17, 15) is 9.59 Å². The lowest BCUT2D eigenvalue weighted by Gasteiger charge is -2.09. The fourth-order valence-corrected chi connectivity index (χ4v) is 0.836. The Labute approximate surface area is 89.1 Å². The van der Waals surface area contributed by atoms with Crippen LogP contribution >= 0.6 is 0 Å². The van der Waals surface area contributed by atoms with E-state index in [0.29, 0.717) is 6.61 Å². The molecule has 0 heterocycles. The molecule has 15 heavy (non-hydrogen) atoms. The van der Waals surface area contributed by atoms with Crippen LogP contribution in [0.3, 0.4) is 0 Å². The van der Waals surface area contributed by atoms with Crippen molar-refractivity contribution in [3.63, 3.8) is 0 Å². The van der Waals surface area contributed by atoms with Crippen LogP contribution in [0.5, 0.6) is 0 Å². The quantitative estimate of drug-likeness (QED) is 0.499. The molecule has 5 nitrogen and oxygen atoms in total. The summed E-state index contributed by atoms with van der Waals surface area (Å²) in [6.07, 6.45) is 3.65. The molecule has 0 saturated heterocycles. The van der Waals surface area contributed by atoms with E-state index in [1.165, 1.54) is 6.92 Å². The normalized spacial score (nSPS) is 11.5. The van der Waals surface area contributed by atoms with Gasteiger partial charge in [-0.15, -0.1) is 6.58 Å². The molecule has 0 unspecified atom stereocenters. The van der Waals surface area contributed by atoms with Gasteiger partial charge in [0.2, 0.25) is 0 Å². The smallest absolute Gasteiger partial charge is 0.407 e. The van der Waals surface area contributed by atoms with Crippen LogP contribution in [0.1, 0.15) is 26.2 Å². The molecule has 0 saturated carbocycles. The van der Waals surface area contributed by atoms with Crippen LogP contribution in [0.25, 0.3) is 0 Å². The summed E-state index contributed by atoms with van der Waals surface area (Å²) in [6.45, 7) is 5.24. The molecular weight excluding hydrogens is 198 g/mol. The van der Waals surface area contributed by atoms with Crippen molar-refractivity contribution in [2.75, 3.05) is 6.61 Å². The first-order chi connectivity index (χ1) is 7.07. The highest BCUT2D eigenvalue weighted by atomic mass is 16.5. The first-order valence-electron chi connectivity index (χ1n) is 4.85. The van der Waals surface area contributed by atoms with Crippen molar-refractivity contribution in [2.24, 2.45) is 0 Å². The third-order valence-electron chi connectivity index (χ3n) is 1.74. The standard InChI is InChI=1S/C10H17NO4/c1-3-4-5-6-7-15-10(14)11-8(2)9(12)13/h3,8H,1,4-7H2,2H3,(H,11,14)(H,12,13)/t8-/m0/s1. The van der Waals surface area contributed by atoms with E-state index in [2.05, 4.69) is 11.9 Å². The molecule has 0 rings (SSSR count). The van der Waals surface area contributed by atoms with E-state index < -0.39 is 18.1 Å². The number of ether oxygens (including phenoxy) is 1. The van der Waals surface area contributed by atoms with Gasteiger partial charge in [-0.3, -0.25) is 4.79 Å². The number of carboxylic acids is 1. The highest BCUT2D eigenvalue weighted by Gasteiger charge is 2.13. The number of alkyl carbamates (subject to hydrolysis) is 1. The molecule has 0 aliphatic carbocycles. The van der Waals surface area contributed by atoms with E-state index in [0.717, 1.165) is 19.3 Å². The van der Waals surface area contributed by atoms with Crippen LogP contribution in [0, 0.1) is 0 Å². The number of hydrogen-bond donors (Lipinski definition) is 2. The fourth-order valence-electron chi connectivity index (χ4n) is 0.836. The van der Waals surface area contributed by atoms with Gasteiger partial charge in [-0.2, -0.15) is 0 Å². The first kappa shape index (κ1) is 13.5. The zero-order valence-electron chi connectivity index (χ0n) is 8.86. The predicted molar refractivity (Wildman–Crippen MR) is 55.6 cm³/mol. The van der Waals surface area contributed by atoms with E-state index >= 15 is 0 Å². The van der Waals surface area contributed by atoms with Crippen molar-refractivity contribution >= 4 is 12.1 Å². The molecule has 0 aliphatic rings. The monoisotopic (exact) mass is 215 g/mol. The highest BCUT2D eigenvalue weighted by Crippen LogP contribution is 1.96. The van der Waals surface area contributed by atoms with Gasteiger partial charge in [-0.05, 0) is 26.2 Å². The molecule has 5 heteroatoms. The maximum Gasteiger partial charge on any atom is 0.407 e. The topological polar surface area (TPSA) is 75.6 Å². The number of amides is 1. The maximum absolute atomic E-state index is 11.0. The summed E-state index contributed by atoms with van der Waals surface area (Å²) in [5.41, 5.74) is 0. The van der Waals surface area contributed by atoms with Crippen LogP contribution in [-0.4, -0.2) is 29.8 Å². The Balaban J connectivity index is 3.49. The maximum atomic E-state index is 11.0. The van der Waals surface area contributed by atoms with Crippen LogP contribution in [0.4, 0.5) is 4.79 Å². The molecule has 0 aromatic rings. The first-order valence-corrected chi connectivity index (χ1v) is 4.85. The van der Waals surface area contributed by atoms with Gasteiger partial charge in [0.15, 0.2) is 0 Å². The van der Waals surface area contributed by atoms with Crippen molar-refractivity contribution < 1.29 is 19.4 Å². The SMILES string of the molecule is C=CCCCCOC(=O)N[C@@H](C)C(=O)O. The zero-order chi connectivity index (χ0) is 11.7. The van der Waals surface area contributed by atoms with Gasteiger partial charge >= 0.3 is 12.1 Å². The average molecular weight is 215 g/mol. The minimum absolute atomic E-state index is 0.298. The van der Waals surface area contributed by atoms with Gasteiger partial charge in [0.05, 0.1) is 6.61 Å². The zero-order valence-corrected chi connectivity index (χ0v) is 8.86. The molecule has 1 atom stereocenters. The van der Waals surface area contributed by atoms with Crippen molar-refractivity contribution in [3.05, 3.63) is 12.7 Å². The Hall–Kier alpha value is -1.52. The third kappa shape index (κ3) is 7.54. The molecule has 0 radical (unpaired) electrons. The summed E-state index contributed by atoms with van der Waals surface area (Å²) in [5, 5.41) is 10.7. The highest BCUT2D eigenvalue weighted by molar-refractivity contribution is 5.79. The van der Waals surface area contributed by atoms with Crippen molar-refractivity contribution in [1.82, 2.24) is 5.32 Å². The van der Waals surface area contributed by atoms with E-state index in [-0.39, 0.29) is 0 Å². The Kier molecular flexibility index (Phi) is 7.05. The molecule has 0 fully saturated rings. The van der Waals surface area contributed by atoms with Crippen LogP contribution in [0.15, 0.2) is 12.7 Å². The summed E-state index contributed by atoms with van der Waals surface area (Å²) < 4.78 is 4.76. The second kappa shape index (κ2) is 7.84.